The highest BCUT2D eigenvalue weighted by molar-refractivity contribution is 5.89. The van der Waals surface area contributed by atoms with Gasteiger partial charge in [-0.2, -0.15) is 0 Å². The Morgan fingerprint density at radius 3 is 2.87 bits per heavy atom. The van der Waals surface area contributed by atoms with Gasteiger partial charge in [-0.1, -0.05) is 36.4 Å². The minimum Gasteiger partial charge on any atom is -0.488 e. The van der Waals surface area contributed by atoms with Crippen LogP contribution >= 0.6 is 0 Å². The summed E-state index contributed by atoms with van der Waals surface area (Å²) >= 11 is 0. The molecule has 1 atom stereocenters. The molecule has 1 aliphatic rings. The average molecular weight is 310 g/mol. The van der Waals surface area contributed by atoms with Crippen molar-refractivity contribution >= 4 is 10.9 Å². The van der Waals surface area contributed by atoms with E-state index in [1.165, 1.54) is 11.9 Å². The quantitative estimate of drug-likeness (QED) is 0.783. The SMILES string of the molecule is [2H]C1([2H])CC(c2c[nH]c3cccc(OCc4ccccc4)c23)C([2H])([2H])N1C. The molecular formula is C20H22N2O. The third-order valence-corrected chi connectivity index (χ3v) is 4.19. The molecule has 0 aliphatic carbocycles. The molecule has 2 heterocycles. The second kappa shape index (κ2) is 6.09. The summed E-state index contributed by atoms with van der Waals surface area (Å²) in [5.74, 6) is 0.0891. The van der Waals surface area contributed by atoms with Gasteiger partial charge < -0.3 is 14.6 Å². The van der Waals surface area contributed by atoms with Crippen molar-refractivity contribution in [1.29, 1.82) is 0 Å². The van der Waals surface area contributed by atoms with Gasteiger partial charge in [0.15, 0.2) is 0 Å². The summed E-state index contributed by atoms with van der Waals surface area (Å²) < 4.78 is 39.3. The van der Waals surface area contributed by atoms with Crippen LogP contribution in [0.4, 0.5) is 0 Å². The smallest absolute Gasteiger partial charge is 0.129 e. The molecule has 1 aromatic heterocycles. The topological polar surface area (TPSA) is 28.3 Å². The van der Waals surface area contributed by atoms with E-state index in [-0.39, 0.29) is 6.42 Å². The monoisotopic (exact) mass is 310 g/mol. The van der Waals surface area contributed by atoms with Gasteiger partial charge in [0.05, 0.1) is 0 Å². The van der Waals surface area contributed by atoms with Crippen molar-refractivity contribution in [2.24, 2.45) is 0 Å². The Labute approximate surface area is 142 Å². The maximum absolute atomic E-state index is 8.46. The fourth-order valence-corrected chi connectivity index (χ4v) is 3.04. The van der Waals surface area contributed by atoms with Crippen molar-refractivity contribution in [2.75, 3.05) is 20.0 Å². The van der Waals surface area contributed by atoms with E-state index in [1.807, 2.05) is 48.5 Å². The molecule has 0 radical (unpaired) electrons. The molecular weight excluding hydrogens is 284 g/mol. The van der Waals surface area contributed by atoms with E-state index in [4.69, 9.17) is 10.2 Å². The number of ether oxygens (including phenoxy) is 1. The molecule has 1 aliphatic heterocycles. The Morgan fingerprint density at radius 1 is 1.22 bits per heavy atom. The van der Waals surface area contributed by atoms with Gasteiger partial charge >= 0.3 is 0 Å². The molecule has 1 unspecified atom stereocenters. The maximum atomic E-state index is 8.46. The van der Waals surface area contributed by atoms with E-state index in [0.717, 1.165) is 22.0 Å². The largest absolute Gasteiger partial charge is 0.488 e. The minimum atomic E-state index is -1.79. The van der Waals surface area contributed by atoms with Crippen LogP contribution < -0.4 is 4.74 Å². The van der Waals surface area contributed by atoms with E-state index in [0.29, 0.717) is 12.4 Å². The van der Waals surface area contributed by atoms with Crippen LogP contribution in [0.2, 0.25) is 0 Å². The van der Waals surface area contributed by atoms with Gasteiger partial charge in [0.1, 0.15) is 12.4 Å². The van der Waals surface area contributed by atoms with Gasteiger partial charge in [-0.05, 0) is 43.2 Å². The van der Waals surface area contributed by atoms with Gasteiger partial charge in [0, 0.05) is 35.0 Å². The summed E-state index contributed by atoms with van der Waals surface area (Å²) in [4.78, 5) is 4.39. The zero-order valence-corrected chi connectivity index (χ0v) is 13.0. The molecule has 118 valence electrons. The summed E-state index contributed by atoms with van der Waals surface area (Å²) in [7, 11) is 1.50. The summed E-state index contributed by atoms with van der Waals surface area (Å²) in [5, 5.41) is 0.827. The van der Waals surface area contributed by atoms with Crippen molar-refractivity contribution in [1.82, 2.24) is 9.88 Å². The zero-order valence-electron chi connectivity index (χ0n) is 17.0. The number of hydrogen-bond donors (Lipinski definition) is 1. The number of nitrogens with one attached hydrogen (secondary N) is 1. The van der Waals surface area contributed by atoms with E-state index < -0.39 is 18.9 Å². The average Bonchev–Trinajstić information content (AvgIpc) is 3.14. The van der Waals surface area contributed by atoms with Crippen LogP contribution in [0.25, 0.3) is 10.9 Å². The fourth-order valence-electron chi connectivity index (χ4n) is 3.04. The lowest BCUT2D eigenvalue weighted by atomic mass is 9.97. The van der Waals surface area contributed by atoms with Crippen LogP contribution in [0.15, 0.2) is 54.7 Å². The molecule has 2 aromatic carbocycles. The number of H-pyrrole nitrogens is 1. The fraction of sp³-hybridized carbons (Fsp3) is 0.300. The standard InChI is InChI=1S/C20H22N2O/c1-22-11-10-16(13-22)17-12-21-18-8-5-9-19(20(17)18)23-14-15-6-3-2-4-7-15/h2-9,12,16,21H,10-11,13-14H2,1H3/i11D2,13D2. The first kappa shape index (κ1) is 10.5. The molecule has 0 spiro atoms. The summed E-state index contributed by atoms with van der Waals surface area (Å²) in [6.45, 7) is -3.06. The summed E-state index contributed by atoms with van der Waals surface area (Å²) in [6.07, 6.45) is 1.88. The van der Waals surface area contributed by atoms with Crippen LogP contribution in [0.5, 0.6) is 5.75 Å². The Kier molecular flexibility index (Phi) is 2.78. The summed E-state index contributed by atoms with van der Waals surface area (Å²) in [6, 6.07) is 15.6. The molecule has 4 rings (SSSR count). The number of rotatable bonds is 4. The van der Waals surface area contributed by atoms with E-state index >= 15 is 0 Å². The molecule has 3 nitrogen and oxygen atoms in total. The minimum absolute atomic E-state index is 0.0937. The molecule has 3 aromatic rings. The second-order valence-electron chi connectivity index (χ2n) is 5.80. The normalized spacial score (nSPS) is 25.5. The maximum Gasteiger partial charge on any atom is 0.129 e. The predicted octanol–water partition coefficient (Wildman–Crippen LogP) is 4.17. The summed E-state index contributed by atoms with van der Waals surface area (Å²) in [5.41, 5.74) is 2.67. The number of hydrogen-bond acceptors (Lipinski definition) is 2. The number of fused-ring (bicyclic) bond motifs is 1. The lowest BCUT2D eigenvalue weighted by Crippen LogP contribution is -2.13. The van der Waals surface area contributed by atoms with Crippen molar-refractivity contribution in [2.45, 2.75) is 18.9 Å². The van der Waals surface area contributed by atoms with Gasteiger partial charge in [0.2, 0.25) is 0 Å². The van der Waals surface area contributed by atoms with Crippen LogP contribution in [-0.4, -0.2) is 29.9 Å². The number of aromatic amines is 1. The van der Waals surface area contributed by atoms with Crippen LogP contribution in [0.3, 0.4) is 0 Å². The molecule has 0 saturated carbocycles. The van der Waals surface area contributed by atoms with Gasteiger partial charge in [-0.25, -0.2) is 0 Å². The predicted molar refractivity (Wildman–Crippen MR) is 93.9 cm³/mol. The molecule has 0 bridgehead atoms. The van der Waals surface area contributed by atoms with Crippen molar-refractivity contribution in [3.8, 4) is 5.75 Å². The van der Waals surface area contributed by atoms with Gasteiger partial charge in [-0.3, -0.25) is 0 Å². The second-order valence-corrected chi connectivity index (χ2v) is 5.80. The van der Waals surface area contributed by atoms with Crippen LogP contribution in [-0.2, 0) is 6.61 Å². The van der Waals surface area contributed by atoms with Gasteiger partial charge in [-0.15, -0.1) is 0 Å². The third kappa shape index (κ3) is 2.84. The lowest BCUT2D eigenvalue weighted by molar-refractivity contribution is 0.310. The molecule has 23 heavy (non-hydrogen) atoms. The number of likely N-dealkylation sites (tertiary alicyclic amines) is 1. The van der Waals surface area contributed by atoms with E-state index in [2.05, 4.69) is 4.98 Å². The molecule has 1 N–H and O–H groups in total. The Hall–Kier alpha value is -2.26. The number of benzene rings is 2. The first-order valence-electron chi connectivity index (χ1n) is 9.81. The van der Waals surface area contributed by atoms with Crippen LogP contribution in [0.1, 0.15) is 28.9 Å². The Balaban J connectivity index is 1.73. The molecule has 3 heteroatoms. The first-order valence-corrected chi connectivity index (χ1v) is 7.81. The highest BCUT2D eigenvalue weighted by Crippen LogP contribution is 2.37. The van der Waals surface area contributed by atoms with Crippen LogP contribution in [0, 0.1) is 0 Å². The number of aromatic nitrogens is 1. The third-order valence-electron chi connectivity index (χ3n) is 4.19. The number of likely N-dealkylation sites (N-methyl/N-ethyl adjacent to an activating group) is 1. The van der Waals surface area contributed by atoms with Crippen molar-refractivity contribution in [3.05, 3.63) is 65.9 Å². The highest BCUT2D eigenvalue weighted by atomic mass is 16.5. The zero-order chi connectivity index (χ0) is 19.2. The molecule has 1 fully saturated rings. The first-order chi connectivity index (χ1) is 12.8. The van der Waals surface area contributed by atoms with Gasteiger partial charge in [0.25, 0.3) is 0 Å². The van der Waals surface area contributed by atoms with E-state index in [9.17, 15) is 0 Å². The lowest BCUT2D eigenvalue weighted by Gasteiger charge is -2.13. The Morgan fingerprint density at radius 2 is 2.09 bits per heavy atom. The highest BCUT2D eigenvalue weighted by Gasteiger charge is 2.24. The number of nitrogens with zero attached hydrogens (tertiary/aromatic N) is 1. The molecule has 0 amide bonds. The van der Waals surface area contributed by atoms with Crippen molar-refractivity contribution < 1.29 is 10.2 Å². The van der Waals surface area contributed by atoms with E-state index in [1.54, 1.807) is 6.20 Å². The van der Waals surface area contributed by atoms with Crippen molar-refractivity contribution in [3.63, 3.8) is 0 Å². The Bertz CT molecular complexity index is 955. The molecule has 1 saturated heterocycles.